The fourth-order valence-electron chi connectivity index (χ4n) is 1.98. The zero-order valence-corrected chi connectivity index (χ0v) is 13.8. The van der Waals surface area contributed by atoms with Gasteiger partial charge in [-0.25, -0.2) is 0 Å². The molecule has 0 aromatic rings. The molecule has 4 N–H and O–H groups in total. The lowest BCUT2D eigenvalue weighted by Gasteiger charge is -2.39. The van der Waals surface area contributed by atoms with E-state index in [1.807, 2.05) is 0 Å². The molecule has 0 aromatic heterocycles. The number of rotatable bonds is 8. The molecule has 0 bridgehead atoms. The van der Waals surface area contributed by atoms with E-state index in [2.05, 4.69) is 75.3 Å². The van der Waals surface area contributed by atoms with Gasteiger partial charge >= 0.3 is 8.72 Å². The van der Waals surface area contributed by atoms with Gasteiger partial charge in [0.1, 0.15) is 0 Å². The Bertz CT molecular complexity index is 159. The molecule has 0 atom stereocenters. The Morgan fingerprint density at radius 2 is 0.647 bits per heavy atom. The van der Waals surface area contributed by atoms with Gasteiger partial charge in [-0.05, 0) is 24.2 Å². The third kappa shape index (κ3) is 7.89. The van der Waals surface area contributed by atoms with E-state index in [1.54, 1.807) is 0 Å². The zero-order valence-electron chi connectivity index (χ0n) is 12.8. The van der Waals surface area contributed by atoms with E-state index < -0.39 is 8.72 Å². The van der Waals surface area contributed by atoms with Crippen LogP contribution in [-0.4, -0.2) is 32.9 Å². The molecule has 0 saturated carbocycles. The molecule has 0 heterocycles. The quantitative estimate of drug-likeness (QED) is 0.499. The summed E-state index contributed by atoms with van der Waals surface area (Å²) in [5.41, 5.74) is 0. The second kappa shape index (κ2) is 7.48. The molecule has 0 amide bonds. The maximum Gasteiger partial charge on any atom is 0.366 e. The van der Waals surface area contributed by atoms with E-state index in [4.69, 9.17) is 0 Å². The van der Waals surface area contributed by atoms with Gasteiger partial charge in [0, 0.05) is 0 Å². The Morgan fingerprint density at radius 3 is 0.765 bits per heavy atom. The minimum atomic E-state index is -2.05. The lowest BCUT2D eigenvalue weighted by atomic mass is 10.4. The lowest BCUT2D eigenvalue weighted by Crippen LogP contribution is -2.84. The van der Waals surface area contributed by atoms with Gasteiger partial charge in [-0.3, -0.25) is 19.9 Å². The normalized spacial score (nSPS) is 13.4. The van der Waals surface area contributed by atoms with Crippen LogP contribution in [0.3, 0.4) is 0 Å². The molecular formula is C12H32N4Si. The fourth-order valence-corrected chi connectivity index (χ4v) is 5.95. The first-order chi connectivity index (χ1) is 7.67. The second-order valence-corrected chi connectivity index (χ2v) is 8.60. The third-order valence-electron chi connectivity index (χ3n) is 2.02. The summed E-state index contributed by atoms with van der Waals surface area (Å²) in [6.45, 7) is 17.5. The van der Waals surface area contributed by atoms with E-state index in [-0.39, 0.29) is 0 Å². The summed E-state index contributed by atoms with van der Waals surface area (Å²) in [6, 6.07) is 1.80. The average Bonchev–Trinajstić information content (AvgIpc) is 1.95. The minimum absolute atomic E-state index is 0.449. The van der Waals surface area contributed by atoms with E-state index in [9.17, 15) is 0 Å². The van der Waals surface area contributed by atoms with Crippen molar-refractivity contribution >= 4 is 8.72 Å². The number of hydrogen-bond donors (Lipinski definition) is 4. The summed E-state index contributed by atoms with van der Waals surface area (Å²) in [4.78, 5) is 14.8. The minimum Gasteiger partial charge on any atom is -0.298 e. The number of nitrogens with one attached hydrogen (secondary N) is 4. The van der Waals surface area contributed by atoms with Crippen LogP contribution in [-0.2, 0) is 0 Å². The summed E-state index contributed by atoms with van der Waals surface area (Å²) in [5.74, 6) is 0. The van der Waals surface area contributed by atoms with Gasteiger partial charge in [-0.1, -0.05) is 55.4 Å². The first kappa shape index (κ1) is 17.1. The van der Waals surface area contributed by atoms with Gasteiger partial charge in [0.25, 0.3) is 0 Å². The summed E-state index contributed by atoms with van der Waals surface area (Å²) in [5, 5.41) is 0. The Kier molecular flexibility index (Phi) is 7.51. The fraction of sp³-hybridized carbons (Fsp3) is 1.00. The van der Waals surface area contributed by atoms with Crippen molar-refractivity contribution in [1.82, 2.24) is 19.9 Å². The molecule has 0 aromatic carbocycles. The molecule has 0 aliphatic carbocycles. The topological polar surface area (TPSA) is 48.1 Å². The van der Waals surface area contributed by atoms with Crippen LogP contribution >= 0.6 is 0 Å². The first-order valence-corrected chi connectivity index (χ1v) is 8.77. The van der Waals surface area contributed by atoms with Crippen molar-refractivity contribution in [2.75, 3.05) is 0 Å². The molecule has 0 unspecified atom stereocenters. The monoisotopic (exact) mass is 260 g/mol. The Labute approximate surface area is 109 Å². The van der Waals surface area contributed by atoms with Crippen LogP contribution in [0.4, 0.5) is 0 Å². The summed E-state index contributed by atoms with van der Waals surface area (Å²) < 4.78 is 0. The van der Waals surface area contributed by atoms with Gasteiger partial charge in [0.05, 0.1) is 0 Å². The SMILES string of the molecule is CC(C)N[Si](NC(C)C)(NC(C)C)NC(C)C. The average molecular weight is 261 g/mol. The molecule has 17 heavy (non-hydrogen) atoms. The van der Waals surface area contributed by atoms with Crippen molar-refractivity contribution in [3.05, 3.63) is 0 Å². The van der Waals surface area contributed by atoms with Crippen LogP contribution in [0.15, 0.2) is 0 Å². The molecule has 0 aliphatic rings. The van der Waals surface area contributed by atoms with Crippen molar-refractivity contribution < 1.29 is 0 Å². The third-order valence-corrected chi connectivity index (χ3v) is 6.06. The first-order valence-electron chi connectivity index (χ1n) is 6.77. The van der Waals surface area contributed by atoms with Crippen LogP contribution in [0.2, 0.25) is 0 Å². The van der Waals surface area contributed by atoms with E-state index >= 15 is 0 Å². The molecule has 0 rings (SSSR count). The van der Waals surface area contributed by atoms with Crippen LogP contribution in [0.5, 0.6) is 0 Å². The van der Waals surface area contributed by atoms with Crippen LogP contribution in [0.25, 0.3) is 0 Å². The van der Waals surface area contributed by atoms with Gasteiger partial charge in [0.15, 0.2) is 0 Å². The molecule has 0 saturated heterocycles. The zero-order chi connectivity index (χ0) is 13.6. The standard InChI is InChI=1S/C12H32N4Si/c1-9(2)13-17(14-10(3)4,15-11(5)6)16-12(7)8/h9-16H,1-8H3. The molecule has 0 radical (unpaired) electrons. The van der Waals surface area contributed by atoms with Crippen LogP contribution in [0.1, 0.15) is 55.4 Å². The van der Waals surface area contributed by atoms with Crippen molar-refractivity contribution in [3.63, 3.8) is 0 Å². The summed E-state index contributed by atoms with van der Waals surface area (Å²) >= 11 is 0. The molecule has 0 fully saturated rings. The van der Waals surface area contributed by atoms with Crippen molar-refractivity contribution in [2.24, 2.45) is 0 Å². The maximum atomic E-state index is 3.69. The Balaban J connectivity index is 4.89. The Hall–Kier alpha value is 0.0569. The van der Waals surface area contributed by atoms with E-state index in [0.717, 1.165) is 0 Å². The highest BCUT2D eigenvalue weighted by Gasteiger charge is 2.37. The Morgan fingerprint density at radius 1 is 0.471 bits per heavy atom. The van der Waals surface area contributed by atoms with Crippen molar-refractivity contribution in [2.45, 2.75) is 79.6 Å². The lowest BCUT2D eigenvalue weighted by molar-refractivity contribution is 0.548. The highest BCUT2D eigenvalue weighted by molar-refractivity contribution is 6.70. The predicted molar refractivity (Wildman–Crippen MR) is 78.8 cm³/mol. The summed E-state index contributed by atoms with van der Waals surface area (Å²) in [6.07, 6.45) is 0. The van der Waals surface area contributed by atoms with Crippen LogP contribution < -0.4 is 19.9 Å². The molecular weight excluding hydrogens is 228 g/mol. The van der Waals surface area contributed by atoms with Crippen LogP contribution in [0, 0.1) is 0 Å². The molecule has 0 aliphatic heterocycles. The maximum absolute atomic E-state index is 3.69. The largest absolute Gasteiger partial charge is 0.366 e. The summed E-state index contributed by atoms with van der Waals surface area (Å²) in [7, 11) is -2.05. The van der Waals surface area contributed by atoms with Crippen molar-refractivity contribution in [1.29, 1.82) is 0 Å². The van der Waals surface area contributed by atoms with Gasteiger partial charge in [-0.2, -0.15) is 0 Å². The predicted octanol–water partition coefficient (Wildman–Crippen LogP) is 1.41. The molecule has 0 spiro atoms. The van der Waals surface area contributed by atoms with Gasteiger partial charge in [0.2, 0.25) is 0 Å². The molecule has 4 nitrogen and oxygen atoms in total. The molecule has 104 valence electrons. The van der Waals surface area contributed by atoms with Gasteiger partial charge in [-0.15, -0.1) is 0 Å². The molecule has 5 heteroatoms. The second-order valence-electron chi connectivity index (χ2n) is 5.95. The van der Waals surface area contributed by atoms with E-state index in [1.165, 1.54) is 0 Å². The van der Waals surface area contributed by atoms with Gasteiger partial charge < -0.3 is 0 Å². The highest BCUT2D eigenvalue weighted by Crippen LogP contribution is 1.96. The van der Waals surface area contributed by atoms with E-state index in [0.29, 0.717) is 24.2 Å². The highest BCUT2D eigenvalue weighted by atomic mass is 28.4. The van der Waals surface area contributed by atoms with Crippen molar-refractivity contribution in [3.8, 4) is 0 Å². The number of hydrogen-bond acceptors (Lipinski definition) is 4. The smallest absolute Gasteiger partial charge is 0.298 e.